The molecule has 4 rings (SSSR count). The third kappa shape index (κ3) is 5.36. The minimum absolute atomic E-state index is 0.0539. The van der Waals surface area contributed by atoms with Crippen molar-refractivity contribution in [1.29, 1.82) is 0 Å². The Morgan fingerprint density at radius 3 is 2.71 bits per heavy atom. The average molecular weight is 436 g/mol. The summed E-state index contributed by atoms with van der Waals surface area (Å²) in [5, 5.41) is 4.19. The molecular formula is C23H31F2N3O3. The number of anilines is 1. The molecule has 0 saturated carbocycles. The normalized spacial score (nSPS) is 16.3. The highest BCUT2D eigenvalue weighted by molar-refractivity contribution is 5.96. The predicted molar refractivity (Wildman–Crippen MR) is 117 cm³/mol. The number of pyridine rings is 1. The number of hydrogen-bond donors (Lipinski definition) is 1. The molecule has 1 fully saturated rings. The van der Waals surface area contributed by atoms with Gasteiger partial charge in [-0.05, 0) is 63.2 Å². The van der Waals surface area contributed by atoms with Gasteiger partial charge in [-0.1, -0.05) is 0 Å². The summed E-state index contributed by atoms with van der Waals surface area (Å²) in [4.78, 5) is 7.22. The number of nitrogens with zero attached hydrogens (tertiary/aromatic N) is 2. The van der Waals surface area contributed by atoms with Crippen LogP contribution >= 0.6 is 0 Å². The molecule has 6 nitrogen and oxygen atoms in total. The standard InChI is InChI=1S/C23H31F2N3O3/c1-29-13-8-26-22-16-6-4-7-18(16)27-19-15-20(21(14-17(19)22)31-23(24)25)30-12-5-11-28-9-2-3-10-28/h14-15,23H,2-13H2,1H3,(H,26,27). The second kappa shape index (κ2) is 10.4. The van der Waals surface area contributed by atoms with Crippen LogP contribution in [0.4, 0.5) is 14.5 Å². The number of likely N-dealkylation sites (tertiary alicyclic amines) is 1. The molecule has 0 radical (unpaired) electrons. The lowest BCUT2D eigenvalue weighted by atomic mass is 10.1. The number of halogens is 2. The van der Waals surface area contributed by atoms with Gasteiger partial charge in [0.1, 0.15) is 0 Å². The molecule has 31 heavy (non-hydrogen) atoms. The van der Waals surface area contributed by atoms with Gasteiger partial charge >= 0.3 is 6.61 Å². The molecule has 2 heterocycles. The molecule has 8 heteroatoms. The van der Waals surface area contributed by atoms with E-state index in [4.69, 9.17) is 19.2 Å². The highest BCUT2D eigenvalue weighted by Gasteiger charge is 2.22. The average Bonchev–Trinajstić information content (AvgIpc) is 3.42. The van der Waals surface area contributed by atoms with Gasteiger partial charge in [0, 0.05) is 43.0 Å². The molecule has 0 spiro atoms. The zero-order valence-corrected chi connectivity index (χ0v) is 18.1. The highest BCUT2D eigenvalue weighted by atomic mass is 19.3. The minimum Gasteiger partial charge on any atom is -0.490 e. The monoisotopic (exact) mass is 435 g/mol. The van der Waals surface area contributed by atoms with Crippen LogP contribution in [0.2, 0.25) is 0 Å². The molecule has 1 aromatic carbocycles. The molecule has 1 aliphatic carbocycles. The lowest BCUT2D eigenvalue weighted by Gasteiger charge is -2.18. The van der Waals surface area contributed by atoms with E-state index >= 15 is 0 Å². The van der Waals surface area contributed by atoms with Crippen molar-refractivity contribution in [1.82, 2.24) is 9.88 Å². The smallest absolute Gasteiger partial charge is 0.387 e. The molecule has 170 valence electrons. The zero-order valence-electron chi connectivity index (χ0n) is 18.1. The number of ether oxygens (including phenoxy) is 3. The molecule has 1 aliphatic heterocycles. The van der Waals surface area contributed by atoms with E-state index in [1.165, 1.54) is 12.8 Å². The Morgan fingerprint density at radius 1 is 1.10 bits per heavy atom. The van der Waals surface area contributed by atoms with Crippen molar-refractivity contribution >= 4 is 16.6 Å². The first kappa shape index (κ1) is 22.0. The number of nitrogens with one attached hydrogen (secondary N) is 1. The van der Waals surface area contributed by atoms with Gasteiger partial charge in [0.2, 0.25) is 0 Å². The van der Waals surface area contributed by atoms with Crippen LogP contribution in [0.3, 0.4) is 0 Å². The summed E-state index contributed by atoms with van der Waals surface area (Å²) in [6.07, 6.45) is 6.22. The molecule has 1 N–H and O–H groups in total. The second-order valence-corrected chi connectivity index (χ2v) is 8.13. The van der Waals surface area contributed by atoms with Gasteiger partial charge in [0.25, 0.3) is 0 Å². The van der Waals surface area contributed by atoms with Crippen LogP contribution in [0, 0.1) is 0 Å². The fourth-order valence-corrected chi connectivity index (χ4v) is 4.53. The Bertz CT molecular complexity index is 888. The van der Waals surface area contributed by atoms with Crippen LogP contribution in [-0.2, 0) is 17.6 Å². The number of aromatic nitrogens is 1. The van der Waals surface area contributed by atoms with E-state index in [0.29, 0.717) is 25.5 Å². The number of aryl methyl sites for hydroxylation is 1. The summed E-state index contributed by atoms with van der Waals surface area (Å²) < 4.78 is 42.1. The molecule has 0 bridgehead atoms. The Balaban J connectivity index is 1.59. The first-order chi connectivity index (χ1) is 15.2. The third-order valence-electron chi connectivity index (χ3n) is 5.98. The number of methoxy groups -OCH3 is 1. The lowest BCUT2D eigenvalue weighted by Crippen LogP contribution is -2.22. The largest absolute Gasteiger partial charge is 0.490 e. The SMILES string of the molecule is COCCNc1c2c(nc3cc(OCCCN4CCCC4)c(OC(F)F)cc13)CCC2. The highest BCUT2D eigenvalue weighted by Crippen LogP contribution is 2.40. The molecule has 1 aromatic heterocycles. The van der Waals surface area contributed by atoms with Crippen molar-refractivity contribution in [2.45, 2.75) is 45.1 Å². The van der Waals surface area contributed by atoms with Crippen LogP contribution in [0.1, 0.15) is 36.9 Å². The van der Waals surface area contributed by atoms with Crippen LogP contribution in [0.25, 0.3) is 10.9 Å². The Morgan fingerprint density at radius 2 is 1.94 bits per heavy atom. The minimum atomic E-state index is -2.92. The Hall–Kier alpha value is -2.19. The zero-order chi connectivity index (χ0) is 21.6. The topological polar surface area (TPSA) is 55.8 Å². The van der Waals surface area contributed by atoms with Gasteiger partial charge in [-0.2, -0.15) is 8.78 Å². The van der Waals surface area contributed by atoms with Crippen LogP contribution in [-0.4, -0.2) is 63.0 Å². The van der Waals surface area contributed by atoms with Crippen molar-refractivity contribution in [2.24, 2.45) is 0 Å². The van der Waals surface area contributed by atoms with Gasteiger partial charge in [0.15, 0.2) is 11.5 Å². The van der Waals surface area contributed by atoms with Gasteiger partial charge < -0.3 is 24.4 Å². The number of benzene rings is 1. The molecule has 0 amide bonds. The molecule has 1 saturated heterocycles. The van der Waals surface area contributed by atoms with E-state index in [1.807, 2.05) is 0 Å². The quantitative estimate of drug-likeness (QED) is 0.533. The first-order valence-corrected chi connectivity index (χ1v) is 11.2. The molecule has 2 aromatic rings. The Labute approximate surface area is 181 Å². The lowest BCUT2D eigenvalue weighted by molar-refractivity contribution is -0.0514. The maximum absolute atomic E-state index is 13.1. The summed E-state index contributed by atoms with van der Waals surface area (Å²) in [6, 6.07) is 3.38. The van der Waals surface area contributed by atoms with E-state index in [-0.39, 0.29) is 5.75 Å². The number of alkyl halides is 2. The molecule has 2 aliphatic rings. The number of fused-ring (bicyclic) bond motifs is 2. The summed E-state index contributed by atoms with van der Waals surface area (Å²) in [5.41, 5.74) is 3.90. The summed E-state index contributed by atoms with van der Waals surface area (Å²) in [7, 11) is 1.65. The van der Waals surface area contributed by atoms with Gasteiger partial charge in [-0.25, -0.2) is 0 Å². The predicted octanol–water partition coefficient (Wildman–Crippen LogP) is 4.25. The fourth-order valence-electron chi connectivity index (χ4n) is 4.53. The van der Waals surface area contributed by atoms with Crippen molar-refractivity contribution in [2.75, 3.05) is 51.8 Å². The number of rotatable bonds is 11. The van der Waals surface area contributed by atoms with Gasteiger partial charge in [-0.3, -0.25) is 4.98 Å². The van der Waals surface area contributed by atoms with Gasteiger partial charge in [-0.15, -0.1) is 0 Å². The van der Waals surface area contributed by atoms with Crippen LogP contribution < -0.4 is 14.8 Å². The van der Waals surface area contributed by atoms with E-state index < -0.39 is 6.61 Å². The first-order valence-electron chi connectivity index (χ1n) is 11.2. The van der Waals surface area contributed by atoms with Crippen LogP contribution in [0.5, 0.6) is 11.5 Å². The van der Waals surface area contributed by atoms with Crippen LogP contribution in [0.15, 0.2) is 12.1 Å². The van der Waals surface area contributed by atoms with Crippen molar-refractivity contribution in [3.63, 3.8) is 0 Å². The van der Waals surface area contributed by atoms with Gasteiger partial charge in [0.05, 0.1) is 18.7 Å². The van der Waals surface area contributed by atoms with E-state index in [9.17, 15) is 8.78 Å². The maximum Gasteiger partial charge on any atom is 0.387 e. The molecule has 0 unspecified atom stereocenters. The van der Waals surface area contributed by atoms with Crippen molar-refractivity contribution in [3.8, 4) is 11.5 Å². The second-order valence-electron chi connectivity index (χ2n) is 8.13. The summed E-state index contributed by atoms with van der Waals surface area (Å²) in [5.74, 6) is 0.376. The molecule has 0 atom stereocenters. The fraction of sp³-hybridized carbons (Fsp3) is 0.609. The third-order valence-corrected chi connectivity index (χ3v) is 5.98. The molecular weight excluding hydrogens is 404 g/mol. The van der Waals surface area contributed by atoms with E-state index in [0.717, 1.165) is 73.2 Å². The van der Waals surface area contributed by atoms with E-state index in [1.54, 1.807) is 19.2 Å². The van der Waals surface area contributed by atoms with Crippen molar-refractivity contribution in [3.05, 3.63) is 23.4 Å². The Kier molecular flexibility index (Phi) is 7.40. The number of hydrogen-bond acceptors (Lipinski definition) is 6. The summed E-state index contributed by atoms with van der Waals surface area (Å²) >= 11 is 0. The van der Waals surface area contributed by atoms with E-state index in [2.05, 4.69) is 10.2 Å². The summed E-state index contributed by atoms with van der Waals surface area (Å²) in [6.45, 7) is 1.92. The maximum atomic E-state index is 13.1. The van der Waals surface area contributed by atoms with Crippen molar-refractivity contribution < 1.29 is 23.0 Å².